The van der Waals surface area contributed by atoms with Crippen LogP contribution in [0.25, 0.3) is 0 Å². The first-order valence-electron chi connectivity index (χ1n) is 6.26. The van der Waals surface area contributed by atoms with Crippen LogP contribution in [-0.4, -0.2) is 19.6 Å². The number of aryl methyl sites for hydroxylation is 1. The lowest BCUT2D eigenvalue weighted by atomic mass is 10.1. The maximum atomic E-state index is 11.7. The Hall–Kier alpha value is -1.94. The minimum absolute atomic E-state index is 0.229. The van der Waals surface area contributed by atoms with Crippen LogP contribution < -0.4 is 10.1 Å². The van der Waals surface area contributed by atoms with Crippen molar-refractivity contribution in [1.82, 2.24) is 5.32 Å². The van der Waals surface area contributed by atoms with E-state index in [2.05, 4.69) is 5.32 Å². The number of methoxy groups -OCH3 is 1. The summed E-state index contributed by atoms with van der Waals surface area (Å²) in [6, 6.07) is 7.07. The van der Waals surface area contributed by atoms with E-state index in [-0.39, 0.29) is 5.91 Å². The maximum absolute atomic E-state index is 11.7. The summed E-state index contributed by atoms with van der Waals surface area (Å²) in [6.07, 6.45) is 2.10. The van der Waals surface area contributed by atoms with Gasteiger partial charge in [0.15, 0.2) is 5.76 Å². The number of ether oxygens (including phenoxy) is 1. The van der Waals surface area contributed by atoms with Crippen LogP contribution in [0, 0.1) is 6.92 Å². The summed E-state index contributed by atoms with van der Waals surface area (Å²) in [5.41, 5.74) is 1.93. The number of hydrogen-bond acceptors (Lipinski definition) is 3. The molecule has 0 saturated carbocycles. The van der Waals surface area contributed by atoms with Crippen molar-refractivity contribution in [1.29, 1.82) is 0 Å². The Bertz CT molecular complexity index is 593. The fraction of sp³-hybridized carbons (Fsp3) is 0.267. The third-order valence-electron chi connectivity index (χ3n) is 2.99. The van der Waals surface area contributed by atoms with Gasteiger partial charge in [0.05, 0.1) is 13.4 Å². The highest BCUT2D eigenvalue weighted by Crippen LogP contribution is 2.26. The van der Waals surface area contributed by atoms with E-state index >= 15 is 0 Å². The van der Waals surface area contributed by atoms with Crippen LogP contribution >= 0.6 is 11.6 Å². The van der Waals surface area contributed by atoms with Crippen molar-refractivity contribution in [3.8, 4) is 5.75 Å². The number of rotatable bonds is 5. The normalized spacial score (nSPS) is 10.3. The van der Waals surface area contributed by atoms with E-state index in [0.29, 0.717) is 23.7 Å². The summed E-state index contributed by atoms with van der Waals surface area (Å²) < 4.78 is 10.3. The van der Waals surface area contributed by atoms with Gasteiger partial charge in [0.2, 0.25) is 0 Å². The van der Waals surface area contributed by atoms with Gasteiger partial charge in [-0.15, -0.1) is 0 Å². The molecule has 0 aliphatic rings. The Balaban J connectivity index is 1.97. The van der Waals surface area contributed by atoms with Gasteiger partial charge in [-0.05, 0) is 48.7 Å². The number of nitrogens with one attached hydrogen (secondary N) is 1. The molecule has 1 aromatic carbocycles. The largest absolute Gasteiger partial charge is 0.496 e. The second kappa shape index (κ2) is 6.48. The molecule has 0 aliphatic heterocycles. The lowest BCUT2D eigenvalue weighted by Gasteiger charge is -2.11. The van der Waals surface area contributed by atoms with E-state index in [4.69, 9.17) is 20.8 Å². The van der Waals surface area contributed by atoms with Crippen LogP contribution in [0.4, 0.5) is 0 Å². The third kappa shape index (κ3) is 3.33. The molecule has 0 fully saturated rings. The minimum atomic E-state index is -0.229. The summed E-state index contributed by atoms with van der Waals surface area (Å²) in [5, 5.41) is 3.48. The van der Waals surface area contributed by atoms with Crippen molar-refractivity contribution in [3.63, 3.8) is 0 Å². The molecule has 0 saturated heterocycles. The molecule has 0 spiro atoms. The zero-order valence-corrected chi connectivity index (χ0v) is 12.2. The number of carbonyl (C=O) groups is 1. The highest BCUT2D eigenvalue weighted by Gasteiger charge is 2.10. The first-order valence-corrected chi connectivity index (χ1v) is 6.64. The Morgan fingerprint density at radius 1 is 1.45 bits per heavy atom. The molecule has 4 nitrogen and oxygen atoms in total. The Morgan fingerprint density at radius 3 is 2.90 bits per heavy atom. The van der Waals surface area contributed by atoms with E-state index < -0.39 is 0 Å². The summed E-state index contributed by atoms with van der Waals surface area (Å²) in [7, 11) is 1.62. The van der Waals surface area contributed by atoms with E-state index in [1.807, 2.05) is 19.1 Å². The lowest BCUT2D eigenvalue weighted by Crippen LogP contribution is -2.25. The molecule has 1 heterocycles. The van der Waals surface area contributed by atoms with E-state index in [1.165, 1.54) is 6.26 Å². The van der Waals surface area contributed by atoms with E-state index in [1.54, 1.807) is 19.2 Å². The number of benzene rings is 1. The number of carbonyl (C=O) groups excluding carboxylic acids is 1. The van der Waals surface area contributed by atoms with E-state index in [9.17, 15) is 4.79 Å². The first-order chi connectivity index (χ1) is 9.61. The second-order valence-corrected chi connectivity index (χ2v) is 4.80. The van der Waals surface area contributed by atoms with Crippen molar-refractivity contribution >= 4 is 17.5 Å². The molecule has 0 bridgehead atoms. The highest BCUT2D eigenvalue weighted by atomic mass is 35.5. The number of hydrogen-bond donors (Lipinski definition) is 1. The smallest absolute Gasteiger partial charge is 0.286 e. The Morgan fingerprint density at radius 2 is 2.25 bits per heavy atom. The molecule has 0 aliphatic carbocycles. The average molecular weight is 294 g/mol. The molecule has 20 heavy (non-hydrogen) atoms. The summed E-state index contributed by atoms with van der Waals surface area (Å²) >= 11 is 6.11. The highest BCUT2D eigenvalue weighted by molar-refractivity contribution is 6.31. The number of halogens is 1. The molecule has 0 atom stereocenters. The SMILES string of the molecule is COc1cc(C)c(Cl)cc1CCNC(=O)c1ccco1. The van der Waals surface area contributed by atoms with Crippen molar-refractivity contribution in [3.05, 3.63) is 52.4 Å². The zero-order chi connectivity index (χ0) is 14.5. The fourth-order valence-electron chi connectivity index (χ4n) is 1.89. The summed E-state index contributed by atoms with van der Waals surface area (Å²) in [6.45, 7) is 2.41. The van der Waals surface area contributed by atoms with Gasteiger partial charge >= 0.3 is 0 Å². The van der Waals surface area contributed by atoms with Gasteiger partial charge in [-0.3, -0.25) is 4.79 Å². The molecule has 2 rings (SSSR count). The lowest BCUT2D eigenvalue weighted by molar-refractivity contribution is 0.0926. The van der Waals surface area contributed by atoms with Gasteiger partial charge in [-0.1, -0.05) is 11.6 Å². The maximum Gasteiger partial charge on any atom is 0.286 e. The first kappa shape index (κ1) is 14.5. The summed E-state index contributed by atoms with van der Waals surface area (Å²) in [5.74, 6) is 0.852. The van der Waals surface area contributed by atoms with Crippen LogP contribution in [0.3, 0.4) is 0 Å². The van der Waals surface area contributed by atoms with Crippen molar-refractivity contribution in [2.45, 2.75) is 13.3 Å². The van der Waals surface area contributed by atoms with Crippen LogP contribution in [0.15, 0.2) is 34.9 Å². The zero-order valence-electron chi connectivity index (χ0n) is 11.4. The molecule has 0 radical (unpaired) electrons. The third-order valence-corrected chi connectivity index (χ3v) is 3.39. The molecule has 5 heteroatoms. The van der Waals surface area contributed by atoms with Gasteiger partial charge in [0.25, 0.3) is 5.91 Å². The molecule has 2 aromatic rings. The predicted molar refractivity (Wildman–Crippen MR) is 77.5 cm³/mol. The van der Waals surface area contributed by atoms with E-state index in [0.717, 1.165) is 16.9 Å². The standard InChI is InChI=1S/C15H16ClNO3/c1-10-8-14(19-2)11(9-12(10)16)5-6-17-15(18)13-4-3-7-20-13/h3-4,7-9H,5-6H2,1-2H3,(H,17,18). The Kier molecular flexibility index (Phi) is 4.69. The van der Waals surface area contributed by atoms with Gasteiger partial charge < -0.3 is 14.5 Å². The molecule has 106 valence electrons. The van der Waals surface area contributed by atoms with Crippen molar-refractivity contribution in [2.24, 2.45) is 0 Å². The minimum Gasteiger partial charge on any atom is -0.496 e. The van der Waals surface area contributed by atoms with Gasteiger partial charge in [-0.2, -0.15) is 0 Å². The summed E-state index contributed by atoms with van der Waals surface area (Å²) in [4.78, 5) is 11.7. The van der Waals surface area contributed by atoms with Crippen molar-refractivity contribution in [2.75, 3.05) is 13.7 Å². The van der Waals surface area contributed by atoms with Gasteiger partial charge in [-0.25, -0.2) is 0 Å². The molecule has 1 N–H and O–H groups in total. The topological polar surface area (TPSA) is 51.5 Å². The molecular formula is C15H16ClNO3. The number of furan rings is 1. The molecule has 0 unspecified atom stereocenters. The van der Waals surface area contributed by atoms with Crippen LogP contribution in [0.1, 0.15) is 21.7 Å². The molecule has 1 aromatic heterocycles. The quantitative estimate of drug-likeness (QED) is 0.921. The predicted octanol–water partition coefficient (Wildman–Crippen LogP) is 3.22. The van der Waals surface area contributed by atoms with Crippen LogP contribution in [-0.2, 0) is 6.42 Å². The molecule has 1 amide bonds. The van der Waals surface area contributed by atoms with Crippen LogP contribution in [0.5, 0.6) is 5.75 Å². The van der Waals surface area contributed by atoms with Crippen LogP contribution in [0.2, 0.25) is 5.02 Å². The van der Waals surface area contributed by atoms with Gasteiger partial charge in [0, 0.05) is 11.6 Å². The Labute approximate surface area is 122 Å². The monoisotopic (exact) mass is 293 g/mol. The average Bonchev–Trinajstić information content (AvgIpc) is 2.96. The van der Waals surface area contributed by atoms with Gasteiger partial charge in [0.1, 0.15) is 5.75 Å². The number of amides is 1. The molecular weight excluding hydrogens is 278 g/mol. The van der Waals surface area contributed by atoms with Crippen molar-refractivity contribution < 1.29 is 13.9 Å². The fourth-order valence-corrected chi connectivity index (χ4v) is 2.07. The second-order valence-electron chi connectivity index (χ2n) is 4.40.